The van der Waals surface area contributed by atoms with Gasteiger partial charge in [-0.15, -0.1) is 0 Å². The van der Waals surface area contributed by atoms with Gasteiger partial charge in [0, 0.05) is 31.7 Å². The fourth-order valence-corrected chi connectivity index (χ4v) is 4.48. The van der Waals surface area contributed by atoms with Gasteiger partial charge in [-0.2, -0.15) is 0 Å². The predicted molar refractivity (Wildman–Crippen MR) is 89.7 cm³/mol. The molecule has 1 N–H and O–H groups in total. The summed E-state index contributed by atoms with van der Waals surface area (Å²) in [4.78, 5) is 5.39. The van der Waals surface area contributed by atoms with Crippen molar-refractivity contribution in [3.63, 3.8) is 0 Å². The van der Waals surface area contributed by atoms with E-state index >= 15 is 0 Å². The van der Waals surface area contributed by atoms with Gasteiger partial charge in [0.1, 0.15) is 0 Å². The molecule has 0 amide bonds. The molecule has 3 heteroatoms. The summed E-state index contributed by atoms with van der Waals surface area (Å²) in [5.74, 6) is 0. The Labute approximate surface area is 131 Å². The largest absolute Gasteiger partial charge is 0.313 e. The molecular formula is C18H35N3. The van der Waals surface area contributed by atoms with E-state index in [0.717, 1.165) is 12.1 Å². The number of nitrogens with zero attached hydrogens (tertiary/aromatic N) is 2. The topological polar surface area (TPSA) is 18.5 Å². The molecule has 1 saturated heterocycles. The van der Waals surface area contributed by atoms with Gasteiger partial charge in [0.05, 0.1) is 0 Å². The van der Waals surface area contributed by atoms with Crippen molar-refractivity contribution < 1.29 is 0 Å². The van der Waals surface area contributed by atoms with E-state index in [9.17, 15) is 0 Å². The minimum Gasteiger partial charge on any atom is -0.313 e. The molecule has 3 rings (SSSR count). The van der Waals surface area contributed by atoms with Crippen molar-refractivity contribution in [3.05, 3.63) is 0 Å². The van der Waals surface area contributed by atoms with Gasteiger partial charge in [0.2, 0.25) is 0 Å². The van der Waals surface area contributed by atoms with E-state index in [1.807, 2.05) is 0 Å². The van der Waals surface area contributed by atoms with Crippen LogP contribution in [0.15, 0.2) is 0 Å². The van der Waals surface area contributed by atoms with E-state index in [0.29, 0.717) is 5.41 Å². The second kappa shape index (κ2) is 6.97. The molecule has 3 nitrogen and oxygen atoms in total. The number of likely N-dealkylation sites (N-methyl/N-ethyl adjacent to an activating group) is 1. The molecule has 3 aliphatic rings. The van der Waals surface area contributed by atoms with Crippen molar-refractivity contribution in [1.29, 1.82) is 0 Å². The van der Waals surface area contributed by atoms with Crippen molar-refractivity contribution in [2.24, 2.45) is 5.41 Å². The maximum Gasteiger partial charge on any atom is 0.0220 e. The molecule has 2 aliphatic carbocycles. The van der Waals surface area contributed by atoms with Crippen LogP contribution in [-0.4, -0.2) is 61.7 Å². The molecule has 1 aliphatic heterocycles. The van der Waals surface area contributed by atoms with Crippen LogP contribution in [0, 0.1) is 5.41 Å². The zero-order chi connectivity index (χ0) is 14.7. The van der Waals surface area contributed by atoms with Gasteiger partial charge in [0.25, 0.3) is 0 Å². The number of nitrogens with one attached hydrogen (secondary N) is 1. The molecule has 3 fully saturated rings. The molecule has 21 heavy (non-hydrogen) atoms. The lowest BCUT2D eigenvalue weighted by molar-refractivity contribution is 0.105. The van der Waals surface area contributed by atoms with E-state index in [1.54, 1.807) is 0 Å². The Morgan fingerprint density at radius 3 is 2.52 bits per heavy atom. The molecule has 1 heterocycles. The molecule has 0 spiro atoms. The highest BCUT2D eigenvalue weighted by Crippen LogP contribution is 2.39. The molecule has 0 radical (unpaired) electrons. The van der Waals surface area contributed by atoms with Crippen LogP contribution in [0.4, 0.5) is 0 Å². The van der Waals surface area contributed by atoms with Crippen molar-refractivity contribution in [2.75, 3.05) is 39.8 Å². The first kappa shape index (κ1) is 15.8. The predicted octanol–water partition coefficient (Wildman–Crippen LogP) is 2.71. The Morgan fingerprint density at radius 1 is 1.10 bits per heavy atom. The second-order valence-electron chi connectivity index (χ2n) is 8.01. The molecule has 122 valence electrons. The van der Waals surface area contributed by atoms with Crippen LogP contribution in [-0.2, 0) is 0 Å². The maximum atomic E-state index is 3.85. The normalized spacial score (nSPS) is 31.4. The summed E-state index contributed by atoms with van der Waals surface area (Å²) in [5, 5.41) is 3.85. The van der Waals surface area contributed by atoms with Crippen molar-refractivity contribution >= 4 is 0 Å². The van der Waals surface area contributed by atoms with Crippen molar-refractivity contribution in [2.45, 2.75) is 70.4 Å². The van der Waals surface area contributed by atoms with Crippen LogP contribution in [0.1, 0.15) is 58.3 Å². The van der Waals surface area contributed by atoms with E-state index < -0.39 is 0 Å². The molecule has 1 unspecified atom stereocenters. The highest BCUT2D eigenvalue weighted by molar-refractivity contribution is 4.94. The second-order valence-corrected chi connectivity index (χ2v) is 8.01. The Hall–Kier alpha value is -0.120. The summed E-state index contributed by atoms with van der Waals surface area (Å²) in [7, 11) is 2.30. The third kappa shape index (κ3) is 4.20. The monoisotopic (exact) mass is 293 g/mol. The lowest BCUT2D eigenvalue weighted by atomic mass is 9.84. The molecule has 2 saturated carbocycles. The van der Waals surface area contributed by atoms with Crippen LogP contribution < -0.4 is 5.32 Å². The van der Waals surface area contributed by atoms with Crippen molar-refractivity contribution in [3.8, 4) is 0 Å². The first-order valence-electron chi connectivity index (χ1n) is 9.37. The van der Waals surface area contributed by atoms with Gasteiger partial charge >= 0.3 is 0 Å². The van der Waals surface area contributed by atoms with Crippen LogP contribution >= 0.6 is 0 Å². The van der Waals surface area contributed by atoms with Gasteiger partial charge in [-0.3, -0.25) is 4.90 Å². The highest BCUT2D eigenvalue weighted by Gasteiger charge is 2.38. The third-order valence-electron chi connectivity index (χ3n) is 6.04. The SMILES string of the molecule is CCC1CN(C)CCCN1CC1(CNC2CC2)CCCC1. The summed E-state index contributed by atoms with van der Waals surface area (Å²) in [6.45, 7) is 8.86. The molecular weight excluding hydrogens is 258 g/mol. The highest BCUT2D eigenvalue weighted by atomic mass is 15.2. The van der Waals surface area contributed by atoms with Gasteiger partial charge in [-0.05, 0) is 64.1 Å². The first-order chi connectivity index (χ1) is 10.2. The number of hydrogen-bond acceptors (Lipinski definition) is 3. The maximum absolute atomic E-state index is 3.85. The van der Waals surface area contributed by atoms with E-state index in [4.69, 9.17) is 0 Å². The quantitative estimate of drug-likeness (QED) is 0.812. The third-order valence-corrected chi connectivity index (χ3v) is 6.04. The average Bonchev–Trinajstić information content (AvgIpc) is 3.23. The fourth-order valence-electron chi connectivity index (χ4n) is 4.48. The van der Waals surface area contributed by atoms with Crippen LogP contribution in [0.5, 0.6) is 0 Å². The van der Waals surface area contributed by atoms with E-state index in [1.165, 1.54) is 84.1 Å². The fraction of sp³-hybridized carbons (Fsp3) is 1.00. The zero-order valence-corrected chi connectivity index (χ0v) is 14.2. The Morgan fingerprint density at radius 2 is 1.86 bits per heavy atom. The lowest BCUT2D eigenvalue weighted by Crippen LogP contribution is -2.48. The Balaban J connectivity index is 1.62. The van der Waals surface area contributed by atoms with Crippen LogP contribution in [0.3, 0.4) is 0 Å². The Bertz CT molecular complexity index is 320. The first-order valence-corrected chi connectivity index (χ1v) is 9.37. The van der Waals surface area contributed by atoms with E-state index in [-0.39, 0.29) is 0 Å². The lowest BCUT2D eigenvalue weighted by Gasteiger charge is -2.39. The molecule has 1 atom stereocenters. The molecule has 0 aromatic carbocycles. The summed E-state index contributed by atoms with van der Waals surface area (Å²) >= 11 is 0. The minimum atomic E-state index is 0.582. The zero-order valence-electron chi connectivity index (χ0n) is 14.2. The van der Waals surface area contributed by atoms with Crippen LogP contribution in [0.25, 0.3) is 0 Å². The van der Waals surface area contributed by atoms with Gasteiger partial charge in [-0.25, -0.2) is 0 Å². The van der Waals surface area contributed by atoms with Gasteiger partial charge in [0.15, 0.2) is 0 Å². The number of rotatable bonds is 6. The summed E-state index contributed by atoms with van der Waals surface area (Å²) in [5.41, 5.74) is 0.582. The molecule has 0 aromatic heterocycles. The minimum absolute atomic E-state index is 0.582. The van der Waals surface area contributed by atoms with Crippen LogP contribution in [0.2, 0.25) is 0 Å². The molecule has 0 aromatic rings. The van der Waals surface area contributed by atoms with Gasteiger partial charge in [-0.1, -0.05) is 19.8 Å². The smallest absolute Gasteiger partial charge is 0.0220 e. The summed E-state index contributed by atoms with van der Waals surface area (Å²) in [6.07, 6.45) is 11.3. The summed E-state index contributed by atoms with van der Waals surface area (Å²) in [6, 6.07) is 1.63. The summed E-state index contributed by atoms with van der Waals surface area (Å²) < 4.78 is 0. The standard InChI is InChI=1S/C18H35N3/c1-3-17-13-20(2)11-6-12-21(17)15-18(9-4-5-10-18)14-19-16-7-8-16/h16-17,19H,3-15H2,1-2H3. The van der Waals surface area contributed by atoms with Gasteiger partial charge < -0.3 is 10.2 Å². The number of hydrogen-bond donors (Lipinski definition) is 1. The molecule has 0 bridgehead atoms. The Kier molecular flexibility index (Phi) is 5.23. The van der Waals surface area contributed by atoms with Crippen molar-refractivity contribution in [1.82, 2.24) is 15.1 Å². The van der Waals surface area contributed by atoms with E-state index in [2.05, 4.69) is 29.1 Å². The average molecular weight is 293 g/mol.